The molecule has 0 unspecified atom stereocenters. The standard InChI is InChI=1S/C22H21F3N2O3/c1-3-4-7-26-21(29)10-14-12(2)27(19-11-18(25)20(28)9-15(14)19)22(30)13-5-6-16(23)17(24)8-13/h5-6,8-9,11,28H,3-4,7,10H2,1-2H3,(H,26,29). The molecule has 0 bridgehead atoms. The number of carbonyl (C=O) groups is 2. The third-order valence-electron chi connectivity index (χ3n) is 4.96. The first-order valence-corrected chi connectivity index (χ1v) is 9.53. The molecule has 0 aliphatic carbocycles. The smallest absolute Gasteiger partial charge is 0.262 e. The second-order valence-electron chi connectivity index (χ2n) is 7.03. The van der Waals surface area contributed by atoms with Crippen molar-refractivity contribution in [2.45, 2.75) is 33.1 Å². The highest BCUT2D eigenvalue weighted by atomic mass is 19.2. The molecule has 3 rings (SSSR count). The van der Waals surface area contributed by atoms with Gasteiger partial charge in [-0.05, 0) is 43.2 Å². The van der Waals surface area contributed by atoms with Gasteiger partial charge in [0.15, 0.2) is 23.2 Å². The van der Waals surface area contributed by atoms with Gasteiger partial charge in [0.25, 0.3) is 5.91 Å². The predicted octanol–water partition coefficient (Wildman–Crippen LogP) is 4.22. The Labute approximate surface area is 171 Å². The monoisotopic (exact) mass is 418 g/mol. The van der Waals surface area contributed by atoms with Gasteiger partial charge in [0.2, 0.25) is 5.91 Å². The molecule has 0 saturated carbocycles. The minimum absolute atomic E-state index is 0.0881. The van der Waals surface area contributed by atoms with Crippen LogP contribution in [0.2, 0.25) is 0 Å². The first-order chi connectivity index (χ1) is 14.2. The maximum atomic E-state index is 14.1. The third-order valence-corrected chi connectivity index (χ3v) is 4.96. The molecule has 30 heavy (non-hydrogen) atoms. The van der Waals surface area contributed by atoms with Gasteiger partial charge in [-0.25, -0.2) is 13.2 Å². The van der Waals surface area contributed by atoms with Gasteiger partial charge in [-0.3, -0.25) is 14.2 Å². The summed E-state index contributed by atoms with van der Waals surface area (Å²) in [4.78, 5) is 25.4. The van der Waals surface area contributed by atoms with Crippen molar-refractivity contribution in [2.75, 3.05) is 6.54 Å². The zero-order chi connectivity index (χ0) is 22.0. The molecule has 0 atom stereocenters. The Bertz CT molecular complexity index is 1140. The van der Waals surface area contributed by atoms with Gasteiger partial charge in [0.1, 0.15) is 0 Å². The lowest BCUT2D eigenvalue weighted by atomic mass is 10.1. The van der Waals surface area contributed by atoms with Crippen molar-refractivity contribution in [3.05, 3.63) is 64.6 Å². The molecular weight excluding hydrogens is 397 g/mol. The molecule has 0 aliphatic heterocycles. The number of unbranched alkanes of at least 4 members (excludes halogenated alkanes) is 1. The van der Waals surface area contributed by atoms with Gasteiger partial charge in [-0.2, -0.15) is 0 Å². The van der Waals surface area contributed by atoms with Crippen LogP contribution in [0.25, 0.3) is 10.9 Å². The zero-order valence-electron chi connectivity index (χ0n) is 16.6. The average molecular weight is 418 g/mol. The van der Waals surface area contributed by atoms with E-state index in [2.05, 4.69) is 5.32 Å². The largest absolute Gasteiger partial charge is 0.505 e. The third kappa shape index (κ3) is 4.03. The fourth-order valence-corrected chi connectivity index (χ4v) is 3.36. The summed E-state index contributed by atoms with van der Waals surface area (Å²) in [5.41, 5.74) is 0.760. The maximum Gasteiger partial charge on any atom is 0.262 e. The minimum Gasteiger partial charge on any atom is -0.505 e. The van der Waals surface area contributed by atoms with E-state index in [0.29, 0.717) is 23.2 Å². The van der Waals surface area contributed by atoms with Crippen molar-refractivity contribution in [1.82, 2.24) is 9.88 Å². The lowest BCUT2D eigenvalue weighted by molar-refractivity contribution is -0.120. The maximum absolute atomic E-state index is 14.1. The molecule has 3 aromatic rings. The van der Waals surface area contributed by atoms with E-state index in [-0.39, 0.29) is 23.4 Å². The van der Waals surface area contributed by atoms with Gasteiger partial charge in [0, 0.05) is 29.3 Å². The number of aromatic hydroxyl groups is 1. The number of carbonyl (C=O) groups excluding carboxylic acids is 2. The number of amides is 1. The number of fused-ring (bicyclic) bond motifs is 1. The number of phenolic OH excluding ortho intramolecular Hbond substituents is 1. The Kier molecular flexibility index (Phi) is 6.14. The van der Waals surface area contributed by atoms with Crippen LogP contribution in [0.15, 0.2) is 30.3 Å². The topological polar surface area (TPSA) is 71.3 Å². The van der Waals surface area contributed by atoms with Crippen molar-refractivity contribution < 1.29 is 27.9 Å². The van der Waals surface area contributed by atoms with Gasteiger partial charge in [-0.1, -0.05) is 13.3 Å². The number of phenols is 1. The summed E-state index contributed by atoms with van der Waals surface area (Å²) >= 11 is 0. The van der Waals surface area contributed by atoms with Crippen molar-refractivity contribution in [3.8, 4) is 5.75 Å². The van der Waals surface area contributed by atoms with Crippen LogP contribution in [0.5, 0.6) is 5.75 Å². The van der Waals surface area contributed by atoms with Crippen LogP contribution >= 0.6 is 0 Å². The molecule has 0 fully saturated rings. The Morgan fingerprint density at radius 3 is 2.47 bits per heavy atom. The van der Waals surface area contributed by atoms with E-state index >= 15 is 0 Å². The molecule has 2 N–H and O–H groups in total. The molecule has 158 valence electrons. The lowest BCUT2D eigenvalue weighted by Crippen LogP contribution is -2.26. The van der Waals surface area contributed by atoms with Crippen LogP contribution in [0.4, 0.5) is 13.2 Å². The van der Waals surface area contributed by atoms with Crippen molar-refractivity contribution in [2.24, 2.45) is 0 Å². The Morgan fingerprint density at radius 2 is 1.80 bits per heavy atom. The fourth-order valence-electron chi connectivity index (χ4n) is 3.36. The van der Waals surface area contributed by atoms with E-state index in [9.17, 15) is 27.9 Å². The van der Waals surface area contributed by atoms with Crippen LogP contribution in [-0.4, -0.2) is 28.0 Å². The predicted molar refractivity (Wildman–Crippen MR) is 106 cm³/mol. The summed E-state index contributed by atoms with van der Waals surface area (Å²) in [5, 5.41) is 12.9. The number of aromatic nitrogens is 1. The van der Waals surface area contributed by atoms with Gasteiger partial charge >= 0.3 is 0 Å². The van der Waals surface area contributed by atoms with E-state index in [0.717, 1.165) is 47.7 Å². The Balaban J connectivity index is 2.11. The number of nitrogens with zero attached hydrogens (tertiary/aromatic N) is 1. The normalized spacial score (nSPS) is 11.1. The summed E-state index contributed by atoms with van der Waals surface area (Å²) in [6.07, 6.45) is 1.64. The van der Waals surface area contributed by atoms with E-state index in [1.165, 1.54) is 0 Å². The summed E-state index contributed by atoms with van der Waals surface area (Å²) in [6.45, 7) is 4.06. The molecular formula is C22H21F3N2O3. The first-order valence-electron chi connectivity index (χ1n) is 9.53. The molecule has 0 spiro atoms. The lowest BCUT2D eigenvalue weighted by Gasteiger charge is -2.08. The number of hydrogen-bond acceptors (Lipinski definition) is 3. The van der Waals surface area contributed by atoms with Crippen molar-refractivity contribution in [3.63, 3.8) is 0 Å². The van der Waals surface area contributed by atoms with Crippen LogP contribution < -0.4 is 5.32 Å². The summed E-state index contributed by atoms with van der Waals surface area (Å²) in [6, 6.07) is 4.85. The number of hydrogen-bond donors (Lipinski definition) is 2. The molecule has 8 heteroatoms. The summed E-state index contributed by atoms with van der Waals surface area (Å²) in [7, 11) is 0. The Morgan fingerprint density at radius 1 is 1.07 bits per heavy atom. The van der Waals surface area contributed by atoms with Crippen molar-refractivity contribution >= 4 is 22.7 Å². The van der Waals surface area contributed by atoms with Crippen molar-refractivity contribution in [1.29, 1.82) is 0 Å². The Hall–Kier alpha value is -3.29. The highest BCUT2D eigenvalue weighted by Gasteiger charge is 2.23. The van der Waals surface area contributed by atoms with E-state index in [1.54, 1.807) is 6.92 Å². The zero-order valence-corrected chi connectivity index (χ0v) is 16.6. The van der Waals surface area contributed by atoms with Crippen LogP contribution in [0.3, 0.4) is 0 Å². The second-order valence-corrected chi connectivity index (χ2v) is 7.03. The number of nitrogens with one attached hydrogen (secondary N) is 1. The molecule has 0 saturated heterocycles. The van der Waals surface area contributed by atoms with Crippen LogP contribution in [-0.2, 0) is 11.2 Å². The number of benzene rings is 2. The molecule has 2 aromatic carbocycles. The molecule has 5 nitrogen and oxygen atoms in total. The second kappa shape index (κ2) is 8.61. The SMILES string of the molecule is CCCCNC(=O)Cc1c(C)n(C(=O)c2ccc(F)c(F)c2)c2cc(F)c(O)cc12. The minimum atomic E-state index is -1.19. The molecule has 1 heterocycles. The molecule has 1 aromatic heterocycles. The highest BCUT2D eigenvalue weighted by Crippen LogP contribution is 2.32. The molecule has 0 aliphatic rings. The number of halogens is 3. The van der Waals surface area contributed by atoms with E-state index in [4.69, 9.17) is 0 Å². The number of rotatable bonds is 6. The quantitative estimate of drug-likeness (QED) is 0.589. The van der Waals surface area contributed by atoms with Gasteiger partial charge in [-0.15, -0.1) is 0 Å². The van der Waals surface area contributed by atoms with E-state index < -0.39 is 29.1 Å². The van der Waals surface area contributed by atoms with E-state index in [1.807, 2.05) is 6.92 Å². The summed E-state index contributed by atoms with van der Waals surface area (Å²) < 4.78 is 42.1. The molecule has 0 radical (unpaired) electrons. The first kappa shape index (κ1) is 21.4. The average Bonchev–Trinajstić information content (AvgIpc) is 2.95. The fraction of sp³-hybridized carbons (Fsp3) is 0.273. The van der Waals surface area contributed by atoms with Gasteiger partial charge in [0.05, 0.1) is 11.9 Å². The van der Waals surface area contributed by atoms with Gasteiger partial charge < -0.3 is 10.4 Å². The van der Waals surface area contributed by atoms with Crippen LogP contribution in [0.1, 0.15) is 41.4 Å². The highest BCUT2D eigenvalue weighted by molar-refractivity contribution is 6.05. The van der Waals surface area contributed by atoms with Crippen LogP contribution in [0, 0.1) is 24.4 Å². The summed E-state index contributed by atoms with van der Waals surface area (Å²) in [5.74, 6) is -4.84. The molecule has 1 amide bonds.